The lowest BCUT2D eigenvalue weighted by Crippen LogP contribution is -2.20. The first kappa shape index (κ1) is 17.6. The van der Waals surface area contributed by atoms with E-state index in [0.717, 1.165) is 0 Å². The van der Waals surface area contributed by atoms with Crippen molar-refractivity contribution in [3.05, 3.63) is 86.5 Å². The van der Waals surface area contributed by atoms with Crippen LogP contribution in [0.3, 0.4) is 0 Å². The maximum absolute atomic E-state index is 14.0. The number of rotatable bonds is 3. The van der Waals surface area contributed by atoms with E-state index in [1.54, 1.807) is 36.4 Å². The standard InChI is InChI=1S/C19H13Cl2FN4O/c20-13-7-12(23)8-14(21)19(13)26-16-5-6-18(27)25(17(16)9-24-26)10-11-3-1-2-4-15(11)22/h1-9H,10,23H2. The number of hydrogen-bond acceptors (Lipinski definition) is 3. The van der Waals surface area contributed by atoms with Crippen molar-refractivity contribution in [1.82, 2.24) is 14.3 Å². The third-order valence-corrected chi connectivity index (χ3v) is 4.84. The van der Waals surface area contributed by atoms with Crippen molar-refractivity contribution < 1.29 is 4.39 Å². The third-order valence-electron chi connectivity index (χ3n) is 4.26. The van der Waals surface area contributed by atoms with Gasteiger partial charge in [0.05, 0.1) is 33.8 Å². The smallest absolute Gasteiger partial charge is 0.251 e. The Morgan fingerprint density at radius 1 is 1.04 bits per heavy atom. The number of anilines is 1. The second-order valence-electron chi connectivity index (χ2n) is 6.01. The summed E-state index contributed by atoms with van der Waals surface area (Å²) in [6, 6.07) is 12.5. The molecule has 27 heavy (non-hydrogen) atoms. The molecule has 0 atom stereocenters. The molecule has 0 aliphatic rings. The van der Waals surface area contributed by atoms with Crippen molar-refractivity contribution in [2.45, 2.75) is 6.54 Å². The Bertz CT molecular complexity index is 1210. The Hall–Kier alpha value is -2.83. The molecule has 4 rings (SSSR count). The molecule has 136 valence electrons. The van der Waals surface area contributed by atoms with Gasteiger partial charge in [-0.15, -0.1) is 0 Å². The summed E-state index contributed by atoms with van der Waals surface area (Å²) in [6.07, 6.45) is 1.53. The van der Waals surface area contributed by atoms with Gasteiger partial charge < -0.3 is 10.3 Å². The van der Waals surface area contributed by atoms with Crippen LogP contribution in [-0.4, -0.2) is 14.3 Å². The lowest BCUT2D eigenvalue weighted by Gasteiger charge is -2.11. The Morgan fingerprint density at radius 2 is 1.74 bits per heavy atom. The normalized spacial score (nSPS) is 11.2. The Balaban J connectivity index is 1.91. The third kappa shape index (κ3) is 3.07. The minimum Gasteiger partial charge on any atom is -0.399 e. The van der Waals surface area contributed by atoms with E-state index in [-0.39, 0.29) is 17.9 Å². The van der Waals surface area contributed by atoms with Gasteiger partial charge in [-0.2, -0.15) is 5.10 Å². The van der Waals surface area contributed by atoms with Crippen molar-refractivity contribution in [1.29, 1.82) is 0 Å². The van der Waals surface area contributed by atoms with Crippen LogP contribution in [0.4, 0.5) is 10.1 Å². The molecule has 0 bridgehead atoms. The topological polar surface area (TPSA) is 65.8 Å². The molecule has 2 aromatic heterocycles. The van der Waals surface area contributed by atoms with Crippen LogP contribution in [0.25, 0.3) is 16.7 Å². The van der Waals surface area contributed by atoms with Crippen LogP contribution >= 0.6 is 23.2 Å². The van der Waals surface area contributed by atoms with Crippen LogP contribution in [-0.2, 0) is 6.54 Å². The van der Waals surface area contributed by atoms with Crippen molar-refractivity contribution in [2.75, 3.05) is 5.73 Å². The quantitative estimate of drug-likeness (QED) is 0.520. The van der Waals surface area contributed by atoms with Gasteiger partial charge in [-0.1, -0.05) is 41.4 Å². The average Bonchev–Trinajstić information content (AvgIpc) is 3.02. The minimum atomic E-state index is -0.376. The van der Waals surface area contributed by atoms with E-state index >= 15 is 0 Å². The summed E-state index contributed by atoms with van der Waals surface area (Å²) in [5.41, 5.74) is 7.94. The molecule has 2 aromatic carbocycles. The summed E-state index contributed by atoms with van der Waals surface area (Å²) in [4.78, 5) is 12.4. The first-order chi connectivity index (χ1) is 13.0. The molecule has 4 aromatic rings. The summed E-state index contributed by atoms with van der Waals surface area (Å²) in [5.74, 6) is -0.376. The summed E-state index contributed by atoms with van der Waals surface area (Å²) < 4.78 is 17.0. The van der Waals surface area contributed by atoms with Gasteiger partial charge >= 0.3 is 0 Å². The van der Waals surface area contributed by atoms with Crippen molar-refractivity contribution in [3.63, 3.8) is 0 Å². The molecule has 0 radical (unpaired) electrons. The molecule has 0 aliphatic carbocycles. The molecule has 2 N–H and O–H groups in total. The molecule has 0 amide bonds. The van der Waals surface area contributed by atoms with Crippen LogP contribution in [0.1, 0.15) is 5.56 Å². The first-order valence-electron chi connectivity index (χ1n) is 8.01. The van der Waals surface area contributed by atoms with E-state index in [1.165, 1.54) is 27.6 Å². The summed E-state index contributed by atoms with van der Waals surface area (Å²) >= 11 is 12.6. The molecule has 0 unspecified atom stereocenters. The number of nitrogen functional groups attached to an aromatic ring is 1. The van der Waals surface area contributed by atoms with E-state index in [0.29, 0.717) is 38.0 Å². The summed E-state index contributed by atoms with van der Waals surface area (Å²) in [7, 11) is 0. The fraction of sp³-hybridized carbons (Fsp3) is 0.0526. The van der Waals surface area contributed by atoms with Gasteiger partial charge in [0.1, 0.15) is 11.5 Å². The van der Waals surface area contributed by atoms with Crippen LogP contribution in [0.2, 0.25) is 10.0 Å². The molecule has 8 heteroatoms. The average molecular weight is 403 g/mol. The number of aromatic nitrogens is 3. The minimum absolute atomic E-state index is 0.0811. The highest BCUT2D eigenvalue weighted by Crippen LogP contribution is 2.32. The number of hydrogen-bond donors (Lipinski definition) is 1. The van der Waals surface area contributed by atoms with E-state index in [1.807, 2.05) is 0 Å². The van der Waals surface area contributed by atoms with Gasteiger partial charge in [0.2, 0.25) is 0 Å². The highest BCUT2D eigenvalue weighted by atomic mass is 35.5. The number of halogens is 3. The molecular formula is C19H13Cl2FN4O. The van der Waals surface area contributed by atoms with Crippen LogP contribution in [0, 0.1) is 5.82 Å². The van der Waals surface area contributed by atoms with Gasteiger partial charge in [-0.05, 0) is 24.3 Å². The molecule has 0 saturated carbocycles. The highest BCUT2D eigenvalue weighted by Gasteiger charge is 2.16. The number of pyridine rings is 1. The molecule has 2 heterocycles. The fourth-order valence-electron chi connectivity index (χ4n) is 3.00. The Morgan fingerprint density at radius 3 is 2.44 bits per heavy atom. The zero-order valence-electron chi connectivity index (χ0n) is 13.9. The van der Waals surface area contributed by atoms with Crippen LogP contribution in [0.5, 0.6) is 0 Å². The molecular weight excluding hydrogens is 390 g/mol. The lowest BCUT2D eigenvalue weighted by molar-refractivity contribution is 0.599. The summed E-state index contributed by atoms with van der Waals surface area (Å²) in [5, 5.41) is 5.00. The lowest BCUT2D eigenvalue weighted by atomic mass is 10.2. The number of fused-ring (bicyclic) bond motifs is 1. The van der Waals surface area contributed by atoms with Crippen molar-refractivity contribution in [2.24, 2.45) is 0 Å². The van der Waals surface area contributed by atoms with Gasteiger partial charge in [-0.3, -0.25) is 4.79 Å². The largest absolute Gasteiger partial charge is 0.399 e. The molecule has 5 nitrogen and oxygen atoms in total. The van der Waals surface area contributed by atoms with E-state index < -0.39 is 0 Å². The predicted molar refractivity (Wildman–Crippen MR) is 105 cm³/mol. The highest BCUT2D eigenvalue weighted by molar-refractivity contribution is 6.38. The maximum atomic E-state index is 14.0. The number of nitrogens with two attached hydrogens (primary N) is 1. The number of benzene rings is 2. The Kier molecular flexibility index (Phi) is 4.37. The second-order valence-corrected chi connectivity index (χ2v) is 6.82. The van der Waals surface area contributed by atoms with Gasteiger partial charge in [-0.25, -0.2) is 9.07 Å². The van der Waals surface area contributed by atoms with Gasteiger partial charge in [0.25, 0.3) is 5.56 Å². The Labute approximate surface area is 163 Å². The molecule has 0 saturated heterocycles. The first-order valence-corrected chi connectivity index (χ1v) is 8.77. The van der Waals surface area contributed by atoms with Gasteiger partial charge in [0, 0.05) is 17.3 Å². The van der Waals surface area contributed by atoms with Crippen molar-refractivity contribution in [3.8, 4) is 5.69 Å². The second kappa shape index (κ2) is 6.72. The zero-order valence-corrected chi connectivity index (χ0v) is 15.4. The van der Waals surface area contributed by atoms with E-state index in [4.69, 9.17) is 28.9 Å². The molecule has 0 aliphatic heterocycles. The molecule has 0 fully saturated rings. The summed E-state index contributed by atoms with van der Waals surface area (Å²) in [6.45, 7) is 0.0811. The van der Waals surface area contributed by atoms with Crippen LogP contribution < -0.4 is 11.3 Å². The molecule has 0 spiro atoms. The zero-order chi connectivity index (χ0) is 19.1. The van der Waals surface area contributed by atoms with Gasteiger partial charge in [0.15, 0.2) is 0 Å². The maximum Gasteiger partial charge on any atom is 0.251 e. The fourth-order valence-corrected chi connectivity index (χ4v) is 3.66. The number of nitrogens with zero attached hydrogens (tertiary/aromatic N) is 3. The van der Waals surface area contributed by atoms with E-state index in [2.05, 4.69) is 5.10 Å². The SMILES string of the molecule is Nc1cc(Cl)c(-n2ncc3c2ccc(=O)n3Cc2ccccc2F)c(Cl)c1. The van der Waals surface area contributed by atoms with E-state index in [9.17, 15) is 9.18 Å². The predicted octanol–water partition coefficient (Wildman–Crippen LogP) is 4.26. The monoisotopic (exact) mass is 402 g/mol. The van der Waals surface area contributed by atoms with Crippen molar-refractivity contribution >= 4 is 39.9 Å². The van der Waals surface area contributed by atoms with Crippen LogP contribution in [0.15, 0.2) is 59.5 Å².